The fraction of sp³-hybridized carbons (Fsp3) is 0.0500. The van der Waals surface area contributed by atoms with E-state index in [1.165, 1.54) is 0 Å². The second-order valence-corrected chi connectivity index (χ2v) is 5.88. The number of halogens is 1. The van der Waals surface area contributed by atoms with E-state index < -0.39 is 0 Å². The maximum absolute atomic E-state index is 12.1. The van der Waals surface area contributed by atoms with Crippen LogP contribution >= 0.6 is 11.6 Å². The van der Waals surface area contributed by atoms with Crippen molar-refractivity contribution in [2.45, 2.75) is 0 Å². The van der Waals surface area contributed by atoms with Gasteiger partial charge in [-0.1, -0.05) is 29.8 Å². The average Bonchev–Trinajstić information content (AvgIpc) is 2.68. The maximum atomic E-state index is 12.1. The minimum absolute atomic E-state index is 0.162. The van der Waals surface area contributed by atoms with Gasteiger partial charge in [0.1, 0.15) is 17.0 Å². The van der Waals surface area contributed by atoms with Crippen molar-refractivity contribution in [1.82, 2.24) is 4.98 Å². The summed E-state index contributed by atoms with van der Waals surface area (Å²) < 4.78 is 5.13. The number of hydrogen-bond donors (Lipinski definition) is 2. The van der Waals surface area contributed by atoms with Crippen LogP contribution in [0.2, 0.25) is 5.15 Å². The number of hydrogen-bond acceptors (Lipinski definition) is 4. The van der Waals surface area contributed by atoms with E-state index in [0.717, 1.165) is 5.56 Å². The molecule has 0 fully saturated rings. The first-order valence-corrected chi connectivity index (χ1v) is 8.35. The Morgan fingerprint density at radius 2 is 1.85 bits per heavy atom. The molecule has 6 nitrogen and oxygen atoms in total. The van der Waals surface area contributed by atoms with Gasteiger partial charge in [-0.2, -0.15) is 5.26 Å². The van der Waals surface area contributed by atoms with Gasteiger partial charge in [0.15, 0.2) is 0 Å². The highest BCUT2D eigenvalue weighted by molar-refractivity contribution is 6.31. The van der Waals surface area contributed by atoms with Crippen LogP contribution in [0.1, 0.15) is 5.56 Å². The molecular weight excluding hydrogens is 364 g/mol. The second kappa shape index (κ2) is 8.21. The Labute approximate surface area is 161 Å². The number of aromatic nitrogens is 1. The molecule has 0 spiro atoms. The number of carbonyl (C=O) groups is 1. The summed E-state index contributed by atoms with van der Waals surface area (Å²) in [7, 11) is 1.56. The maximum Gasteiger partial charge on any atom is 0.323 e. The monoisotopic (exact) mass is 378 g/mol. The van der Waals surface area contributed by atoms with Crippen molar-refractivity contribution in [3.05, 3.63) is 71.5 Å². The topological polar surface area (TPSA) is 87.0 Å². The van der Waals surface area contributed by atoms with Crippen molar-refractivity contribution in [3.63, 3.8) is 0 Å². The Morgan fingerprint density at radius 1 is 1.11 bits per heavy atom. The summed E-state index contributed by atoms with van der Waals surface area (Å²) in [5.41, 5.74) is 3.03. The number of nitrogens with zero attached hydrogens (tertiary/aromatic N) is 2. The zero-order valence-corrected chi connectivity index (χ0v) is 15.1. The summed E-state index contributed by atoms with van der Waals surface area (Å²) in [5.74, 6) is 0.654. The molecule has 2 aromatic carbocycles. The summed E-state index contributed by atoms with van der Waals surface area (Å²) in [5, 5.41) is 14.9. The molecule has 27 heavy (non-hydrogen) atoms. The molecule has 0 bridgehead atoms. The molecule has 2 N–H and O–H groups in total. The minimum atomic E-state index is -0.374. The Hall–Kier alpha value is -3.56. The molecule has 0 aliphatic heterocycles. The number of carbonyl (C=O) groups excluding carboxylic acids is 1. The number of nitriles is 1. The van der Waals surface area contributed by atoms with Gasteiger partial charge in [-0.05, 0) is 35.9 Å². The highest BCUT2D eigenvalue weighted by atomic mass is 35.5. The number of anilines is 2. The molecular formula is C20H15ClN4O2. The largest absolute Gasteiger partial charge is 0.497 e. The van der Waals surface area contributed by atoms with Crippen LogP contribution in [0.15, 0.2) is 60.8 Å². The Morgan fingerprint density at radius 3 is 2.56 bits per heavy atom. The van der Waals surface area contributed by atoms with Crippen molar-refractivity contribution in [3.8, 4) is 22.9 Å². The van der Waals surface area contributed by atoms with E-state index in [0.29, 0.717) is 28.3 Å². The molecule has 3 aromatic rings. The van der Waals surface area contributed by atoms with Crippen molar-refractivity contribution in [2.24, 2.45) is 0 Å². The van der Waals surface area contributed by atoms with Gasteiger partial charge < -0.3 is 15.4 Å². The molecule has 0 aliphatic rings. The average molecular weight is 379 g/mol. The van der Waals surface area contributed by atoms with Crippen LogP contribution in [0.5, 0.6) is 5.75 Å². The number of nitrogens with one attached hydrogen (secondary N) is 2. The third-order valence-corrected chi connectivity index (χ3v) is 4.08. The standard InChI is InChI=1S/C20H15ClN4O2/c1-27-16-4-2-3-15(11-16)25-20(26)24-14-7-5-13(6-8-14)17-9-10-23-19(21)18(17)12-22/h2-11H,1H3,(H2,24,25,26). The van der Waals surface area contributed by atoms with Crippen LogP contribution in [0.4, 0.5) is 16.2 Å². The molecule has 0 unspecified atom stereocenters. The lowest BCUT2D eigenvalue weighted by molar-refractivity contribution is 0.262. The molecule has 0 aliphatic carbocycles. The van der Waals surface area contributed by atoms with E-state index >= 15 is 0 Å². The zero-order chi connectivity index (χ0) is 19.2. The number of methoxy groups -OCH3 is 1. The number of urea groups is 1. The lowest BCUT2D eigenvalue weighted by atomic mass is 10.0. The normalized spacial score (nSPS) is 9.96. The summed E-state index contributed by atoms with van der Waals surface area (Å²) in [6, 6.07) is 17.6. The SMILES string of the molecule is COc1cccc(NC(=O)Nc2ccc(-c3ccnc(Cl)c3C#N)cc2)c1. The molecule has 0 radical (unpaired) electrons. The highest BCUT2D eigenvalue weighted by Gasteiger charge is 2.10. The first-order chi connectivity index (χ1) is 13.1. The van der Waals surface area contributed by atoms with Gasteiger partial charge >= 0.3 is 6.03 Å². The number of amides is 2. The van der Waals surface area contributed by atoms with E-state index in [9.17, 15) is 10.1 Å². The minimum Gasteiger partial charge on any atom is -0.497 e. The van der Waals surface area contributed by atoms with Crippen molar-refractivity contribution in [2.75, 3.05) is 17.7 Å². The fourth-order valence-corrected chi connectivity index (χ4v) is 2.71. The number of rotatable bonds is 4. The lowest BCUT2D eigenvalue weighted by Crippen LogP contribution is -2.19. The van der Waals surface area contributed by atoms with Crippen LogP contribution in [-0.4, -0.2) is 18.1 Å². The highest BCUT2D eigenvalue weighted by Crippen LogP contribution is 2.28. The van der Waals surface area contributed by atoms with E-state index in [4.69, 9.17) is 16.3 Å². The van der Waals surface area contributed by atoms with Gasteiger partial charge in [0.25, 0.3) is 0 Å². The predicted molar refractivity (Wildman–Crippen MR) is 105 cm³/mol. The third kappa shape index (κ3) is 4.35. The van der Waals surface area contributed by atoms with Crippen LogP contribution in [0.25, 0.3) is 11.1 Å². The van der Waals surface area contributed by atoms with Crippen LogP contribution < -0.4 is 15.4 Å². The lowest BCUT2D eigenvalue weighted by Gasteiger charge is -2.10. The molecule has 0 saturated heterocycles. The number of pyridine rings is 1. The third-order valence-electron chi connectivity index (χ3n) is 3.80. The van der Waals surface area contributed by atoms with Crippen LogP contribution in [0.3, 0.4) is 0 Å². The second-order valence-electron chi connectivity index (χ2n) is 5.52. The fourth-order valence-electron chi connectivity index (χ4n) is 2.51. The molecule has 2 amide bonds. The summed E-state index contributed by atoms with van der Waals surface area (Å²) in [6.45, 7) is 0. The van der Waals surface area contributed by atoms with Gasteiger partial charge in [-0.25, -0.2) is 9.78 Å². The van der Waals surface area contributed by atoms with Crippen molar-refractivity contribution >= 4 is 29.0 Å². The van der Waals surface area contributed by atoms with E-state index in [1.807, 2.05) is 0 Å². The first kappa shape index (κ1) is 18.2. The smallest absolute Gasteiger partial charge is 0.323 e. The van der Waals surface area contributed by atoms with Crippen LogP contribution in [-0.2, 0) is 0 Å². The summed E-state index contributed by atoms with van der Waals surface area (Å²) in [4.78, 5) is 16.1. The Bertz CT molecular complexity index is 1010. The van der Waals surface area contributed by atoms with E-state index in [2.05, 4.69) is 21.7 Å². The zero-order valence-electron chi connectivity index (χ0n) is 14.4. The molecule has 134 valence electrons. The molecule has 0 atom stereocenters. The van der Waals surface area contributed by atoms with E-state index in [1.54, 1.807) is 67.9 Å². The van der Waals surface area contributed by atoms with Gasteiger partial charge in [-0.3, -0.25) is 0 Å². The molecule has 3 rings (SSSR count). The molecule has 1 heterocycles. The van der Waals surface area contributed by atoms with Gasteiger partial charge in [0.2, 0.25) is 0 Å². The summed E-state index contributed by atoms with van der Waals surface area (Å²) in [6.07, 6.45) is 1.55. The van der Waals surface area contributed by atoms with Crippen molar-refractivity contribution in [1.29, 1.82) is 5.26 Å². The summed E-state index contributed by atoms with van der Waals surface area (Å²) >= 11 is 5.97. The van der Waals surface area contributed by atoms with Gasteiger partial charge in [0, 0.05) is 29.2 Å². The molecule has 1 aromatic heterocycles. The van der Waals surface area contributed by atoms with Gasteiger partial charge in [0.05, 0.1) is 12.7 Å². The number of benzene rings is 2. The Kier molecular flexibility index (Phi) is 5.55. The van der Waals surface area contributed by atoms with Crippen molar-refractivity contribution < 1.29 is 9.53 Å². The molecule has 0 saturated carbocycles. The first-order valence-electron chi connectivity index (χ1n) is 7.98. The quantitative estimate of drug-likeness (QED) is 0.630. The molecule has 7 heteroatoms. The predicted octanol–water partition coefficient (Wildman–Crippen LogP) is 4.93. The van der Waals surface area contributed by atoms with Gasteiger partial charge in [-0.15, -0.1) is 0 Å². The van der Waals surface area contributed by atoms with E-state index in [-0.39, 0.29) is 11.2 Å². The van der Waals surface area contributed by atoms with Crippen LogP contribution in [0, 0.1) is 11.3 Å². The Balaban J connectivity index is 1.72. The number of ether oxygens (including phenoxy) is 1.